The van der Waals surface area contributed by atoms with Crippen LogP contribution in [0.15, 0.2) is 34.9 Å². The van der Waals surface area contributed by atoms with Gasteiger partial charge in [0.15, 0.2) is 0 Å². The average Bonchev–Trinajstić information content (AvgIpc) is 2.92. The molecule has 2 heterocycles. The quantitative estimate of drug-likeness (QED) is 0.709. The first kappa shape index (κ1) is 11.6. The van der Waals surface area contributed by atoms with Crippen molar-refractivity contribution in [1.29, 1.82) is 0 Å². The van der Waals surface area contributed by atoms with Crippen LogP contribution in [0.3, 0.4) is 0 Å². The van der Waals surface area contributed by atoms with Crippen LogP contribution in [0.2, 0.25) is 0 Å². The number of rotatable bonds is 1. The third kappa shape index (κ3) is 1.92. The van der Waals surface area contributed by atoms with Gasteiger partial charge in [0.1, 0.15) is 5.69 Å². The predicted molar refractivity (Wildman–Crippen MR) is 63.2 cm³/mol. The second-order valence-corrected chi connectivity index (χ2v) is 4.07. The van der Waals surface area contributed by atoms with Crippen molar-refractivity contribution < 1.29 is 17.7 Å². The maximum absolute atomic E-state index is 12.9. The molecule has 3 aromatic rings. The summed E-state index contributed by atoms with van der Waals surface area (Å²) in [6.07, 6.45) is -4.41. The molecular formula is C12H8F3N3O. The van der Waals surface area contributed by atoms with Gasteiger partial charge in [-0.2, -0.15) is 13.2 Å². The molecule has 98 valence electrons. The number of aromatic amines is 1. The van der Waals surface area contributed by atoms with E-state index in [4.69, 9.17) is 10.3 Å². The van der Waals surface area contributed by atoms with E-state index in [9.17, 15) is 13.2 Å². The number of fused-ring (bicyclic) bond motifs is 1. The number of aromatic nitrogens is 2. The second-order valence-electron chi connectivity index (χ2n) is 4.07. The molecule has 2 aromatic heterocycles. The molecule has 0 bridgehead atoms. The first-order chi connectivity index (χ1) is 8.95. The van der Waals surface area contributed by atoms with Gasteiger partial charge in [0.05, 0.1) is 16.8 Å². The van der Waals surface area contributed by atoms with Crippen LogP contribution >= 0.6 is 0 Å². The zero-order valence-electron chi connectivity index (χ0n) is 9.45. The number of para-hydroxylation sites is 1. The summed E-state index contributed by atoms with van der Waals surface area (Å²) in [6.45, 7) is 0. The van der Waals surface area contributed by atoms with Gasteiger partial charge >= 0.3 is 6.18 Å². The van der Waals surface area contributed by atoms with Crippen molar-refractivity contribution in [3.63, 3.8) is 0 Å². The van der Waals surface area contributed by atoms with Crippen molar-refractivity contribution in [2.24, 2.45) is 0 Å². The monoisotopic (exact) mass is 267 g/mol. The fourth-order valence-electron chi connectivity index (χ4n) is 1.95. The normalized spacial score (nSPS) is 12.2. The van der Waals surface area contributed by atoms with Crippen molar-refractivity contribution in [3.8, 4) is 11.4 Å². The smallest absolute Gasteiger partial charge is 0.368 e. The molecule has 0 aliphatic heterocycles. The van der Waals surface area contributed by atoms with Gasteiger partial charge in [0.2, 0.25) is 5.88 Å². The molecular weight excluding hydrogens is 259 g/mol. The van der Waals surface area contributed by atoms with Crippen molar-refractivity contribution in [2.75, 3.05) is 5.73 Å². The molecule has 19 heavy (non-hydrogen) atoms. The van der Waals surface area contributed by atoms with Gasteiger partial charge < -0.3 is 15.2 Å². The van der Waals surface area contributed by atoms with Crippen molar-refractivity contribution in [3.05, 3.63) is 35.9 Å². The highest BCUT2D eigenvalue weighted by atomic mass is 19.4. The molecule has 0 atom stereocenters. The van der Waals surface area contributed by atoms with Gasteiger partial charge in [-0.1, -0.05) is 17.3 Å². The number of alkyl halides is 3. The number of halogens is 3. The minimum atomic E-state index is -4.41. The van der Waals surface area contributed by atoms with E-state index >= 15 is 0 Å². The Labute approximate surface area is 105 Å². The molecule has 0 aliphatic rings. The fraction of sp³-hybridized carbons (Fsp3) is 0.0833. The lowest BCUT2D eigenvalue weighted by Crippen LogP contribution is -2.05. The van der Waals surface area contributed by atoms with Gasteiger partial charge in [-0.25, -0.2) is 0 Å². The van der Waals surface area contributed by atoms with Crippen LogP contribution in [0.1, 0.15) is 5.56 Å². The van der Waals surface area contributed by atoms with E-state index in [1.54, 1.807) is 12.1 Å². The van der Waals surface area contributed by atoms with Crippen molar-refractivity contribution in [1.82, 2.24) is 10.1 Å². The number of nitrogen functional groups attached to an aromatic ring is 1. The van der Waals surface area contributed by atoms with Crippen LogP contribution in [-0.2, 0) is 6.18 Å². The maximum atomic E-state index is 12.9. The Morgan fingerprint density at radius 3 is 2.63 bits per heavy atom. The lowest BCUT2D eigenvalue weighted by atomic mass is 10.1. The summed E-state index contributed by atoms with van der Waals surface area (Å²) in [5.41, 5.74) is 5.48. The van der Waals surface area contributed by atoms with E-state index in [0.717, 1.165) is 6.07 Å². The Kier molecular flexibility index (Phi) is 2.31. The van der Waals surface area contributed by atoms with E-state index in [2.05, 4.69) is 10.1 Å². The van der Waals surface area contributed by atoms with Gasteiger partial charge in [0, 0.05) is 11.5 Å². The van der Waals surface area contributed by atoms with Gasteiger partial charge in [0.25, 0.3) is 0 Å². The van der Waals surface area contributed by atoms with E-state index in [1.165, 1.54) is 12.1 Å². The largest absolute Gasteiger partial charge is 0.418 e. The highest BCUT2D eigenvalue weighted by Gasteiger charge is 2.33. The second kappa shape index (κ2) is 3.78. The number of H-pyrrole nitrogens is 1. The molecule has 1 aromatic carbocycles. The summed E-state index contributed by atoms with van der Waals surface area (Å²) in [4.78, 5) is 2.70. The lowest BCUT2D eigenvalue weighted by Gasteiger charge is -2.07. The molecule has 0 saturated heterocycles. The predicted octanol–water partition coefficient (Wildman–Crippen LogP) is 3.42. The molecule has 0 saturated carbocycles. The highest BCUT2D eigenvalue weighted by Crippen LogP contribution is 2.36. The summed E-state index contributed by atoms with van der Waals surface area (Å²) in [5.74, 6) is 0.102. The molecule has 0 unspecified atom stereocenters. The standard InChI is InChI=1S/C12H8F3N3O/c13-12(14,15)7-3-1-2-6-4-8(17-11(6)7)9-5-10(16)19-18-9/h1-5,17H,16H2. The number of nitrogens with zero attached hydrogens (tertiary/aromatic N) is 1. The SMILES string of the molecule is Nc1cc(-c2cc3cccc(C(F)(F)F)c3[nH]2)no1. The molecule has 4 nitrogen and oxygen atoms in total. The first-order valence-electron chi connectivity index (χ1n) is 5.36. The van der Waals surface area contributed by atoms with E-state index in [0.29, 0.717) is 16.8 Å². The van der Waals surface area contributed by atoms with Crippen molar-refractivity contribution in [2.45, 2.75) is 6.18 Å². The van der Waals surface area contributed by atoms with Crippen LogP contribution in [0, 0.1) is 0 Å². The number of anilines is 1. The number of hydrogen-bond acceptors (Lipinski definition) is 3. The third-order valence-corrected chi connectivity index (χ3v) is 2.77. The first-order valence-corrected chi connectivity index (χ1v) is 5.36. The summed E-state index contributed by atoms with van der Waals surface area (Å²) >= 11 is 0. The fourth-order valence-corrected chi connectivity index (χ4v) is 1.95. The molecule has 0 aliphatic carbocycles. The van der Waals surface area contributed by atoms with Crippen LogP contribution < -0.4 is 5.73 Å². The summed E-state index contributed by atoms with van der Waals surface area (Å²) in [5, 5.41) is 4.11. The number of nitrogens with one attached hydrogen (secondary N) is 1. The Morgan fingerprint density at radius 2 is 2.00 bits per heavy atom. The average molecular weight is 267 g/mol. The van der Waals surface area contributed by atoms with Gasteiger partial charge in [-0.15, -0.1) is 0 Å². The molecule has 0 amide bonds. The molecule has 0 radical (unpaired) electrons. The minimum Gasteiger partial charge on any atom is -0.368 e. The Hall–Kier alpha value is -2.44. The molecule has 3 rings (SSSR count). The number of hydrogen-bond donors (Lipinski definition) is 2. The van der Waals surface area contributed by atoms with Gasteiger partial charge in [-0.3, -0.25) is 0 Å². The van der Waals surface area contributed by atoms with E-state index in [1.807, 2.05) is 0 Å². The zero-order chi connectivity index (χ0) is 13.6. The zero-order valence-corrected chi connectivity index (χ0v) is 9.45. The Bertz CT molecular complexity index is 742. The topological polar surface area (TPSA) is 67.8 Å². The van der Waals surface area contributed by atoms with Crippen LogP contribution in [-0.4, -0.2) is 10.1 Å². The van der Waals surface area contributed by atoms with Crippen LogP contribution in [0.5, 0.6) is 0 Å². The summed E-state index contributed by atoms with van der Waals surface area (Å²) < 4.78 is 43.3. The number of benzene rings is 1. The molecule has 7 heteroatoms. The summed E-state index contributed by atoms with van der Waals surface area (Å²) in [7, 11) is 0. The van der Waals surface area contributed by atoms with Crippen LogP contribution in [0.4, 0.5) is 19.1 Å². The minimum absolute atomic E-state index is 0.0200. The molecule has 3 N–H and O–H groups in total. The Morgan fingerprint density at radius 1 is 1.21 bits per heavy atom. The highest BCUT2D eigenvalue weighted by molar-refractivity contribution is 5.88. The maximum Gasteiger partial charge on any atom is 0.418 e. The Balaban J connectivity index is 2.21. The third-order valence-electron chi connectivity index (χ3n) is 2.77. The molecule has 0 spiro atoms. The lowest BCUT2D eigenvalue weighted by molar-refractivity contribution is -0.136. The number of nitrogens with two attached hydrogens (primary N) is 1. The van der Waals surface area contributed by atoms with Gasteiger partial charge in [-0.05, 0) is 12.1 Å². The molecule has 0 fully saturated rings. The summed E-state index contributed by atoms with van der Waals surface area (Å²) in [6, 6.07) is 6.99. The van der Waals surface area contributed by atoms with Crippen LogP contribution in [0.25, 0.3) is 22.3 Å². The van der Waals surface area contributed by atoms with E-state index < -0.39 is 11.7 Å². The van der Waals surface area contributed by atoms with E-state index in [-0.39, 0.29) is 11.4 Å². The van der Waals surface area contributed by atoms with Crippen molar-refractivity contribution >= 4 is 16.8 Å².